The number of carbonyl (C=O) groups is 1. The zero-order chi connectivity index (χ0) is 29.1. The van der Waals surface area contributed by atoms with E-state index in [0.29, 0.717) is 16.6 Å². The van der Waals surface area contributed by atoms with Gasteiger partial charge in [-0.05, 0) is 92.8 Å². The van der Waals surface area contributed by atoms with Gasteiger partial charge >= 0.3 is 5.97 Å². The van der Waals surface area contributed by atoms with Crippen LogP contribution in [0.4, 0.5) is 0 Å². The maximum atomic E-state index is 14.0. The number of allylic oxidation sites excluding steroid dienone is 2. The SMILES string of the molecule is CC(C)c1cccc(-c2cccc(S(=O)(=O)N(C)C3CCCCC4=C(OCC(=O)OC(C)(C)C)C=CCC43)c2)c1. The zero-order valence-corrected chi connectivity index (χ0v) is 25.5. The Morgan fingerprint density at radius 1 is 1.05 bits per heavy atom. The summed E-state index contributed by atoms with van der Waals surface area (Å²) in [5.74, 6) is 0.636. The van der Waals surface area contributed by atoms with Crippen LogP contribution in [0.5, 0.6) is 0 Å². The molecule has 0 spiro atoms. The van der Waals surface area contributed by atoms with Crippen LogP contribution >= 0.6 is 0 Å². The topological polar surface area (TPSA) is 72.9 Å². The summed E-state index contributed by atoms with van der Waals surface area (Å²) >= 11 is 0. The summed E-state index contributed by atoms with van der Waals surface area (Å²) < 4.78 is 40.9. The molecule has 4 rings (SSSR count). The minimum Gasteiger partial charge on any atom is -0.482 e. The van der Waals surface area contributed by atoms with Crippen LogP contribution in [0.3, 0.4) is 0 Å². The Morgan fingerprint density at radius 2 is 1.75 bits per heavy atom. The minimum atomic E-state index is -3.75. The second-order valence-corrected chi connectivity index (χ2v) is 14.1. The molecule has 2 aliphatic rings. The smallest absolute Gasteiger partial charge is 0.344 e. The first kappa shape index (κ1) is 30.1. The molecule has 0 amide bonds. The first-order valence-corrected chi connectivity index (χ1v) is 15.7. The standard InChI is InChI=1S/C33H43NO5S/c1-23(2)24-12-9-13-25(20-24)26-14-10-15-27(21-26)40(36,37)34(6)30-18-8-7-16-29-28(30)17-11-19-31(29)38-22-32(35)39-33(3,4)5/h9-15,19-21,23,28,30H,7-8,16-18,22H2,1-6H3. The van der Waals surface area contributed by atoms with Gasteiger partial charge in [-0.25, -0.2) is 13.2 Å². The molecule has 0 saturated heterocycles. The van der Waals surface area contributed by atoms with E-state index in [1.54, 1.807) is 23.5 Å². The number of nitrogens with zero attached hydrogens (tertiary/aromatic N) is 1. The Kier molecular flexibility index (Phi) is 9.26. The Bertz CT molecular complexity index is 1380. The van der Waals surface area contributed by atoms with Gasteiger partial charge in [-0.2, -0.15) is 4.31 Å². The van der Waals surface area contributed by atoms with Gasteiger partial charge in [0.1, 0.15) is 11.4 Å². The number of rotatable bonds is 8. The lowest BCUT2D eigenvalue weighted by Gasteiger charge is -2.35. The van der Waals surface area contributed by atoms with Gasteiger partial charge in [-0.3, -0.25) is 0 Å². The number of hydrogen-bond acceptors (Lipinski definition) is 5. The lowest BCUT2D eigenvalue weighted by molar-refractivity contribution is -0.158. The molecule has 0 radical (unpaired) electrons. The van der Waals surface area contributed by atoms with Crippen molar-refractivity contribution >= 4 is 16.0 Å². The van der Waals surface area contributed by atoms with E-state index in [0.717, 1.165) is 48.8 Å². The quantitative estimate of drug-likeness (QED) is 0.316. The van der Waals surface area contributed by atoms with Crippen LogP contribution in [-0.2, 0) is 24.3 Å². The third kappa shape index (κ3) is 7.05. The van der Waals surface area contributed by atoms with Gasteiger partial charge in [0.05, 0.1) is 4.90 Å². The summed E-state index contributed by atoms with van der Waals surface area (Å²) in [5, 5.41) is 0. The van der Waals surface area contributed by atoms with E-state index in [9.17, 15) is 13.2 Å². The third-order valence-electron chi connectivity index (χ3n) is 7.71. The molecule has 0 aromatic heterocycles. The van der Waals surface area contributed by atoms with Crippen molar-refractivity contribution in [3.63, 3.8) is 0 Å². The summed E-state index contributed by atoms with van der Waals surface area (Å²) in [7, 11) is -2.05. The lowest BCUT2D eigenvalue weighted by Crippen LogP contribution is -2.42. The lowest BCUT2D eigenvalue weighted by atomic mass is 9.83. The molecule has 216 valence electrons. The summed E-state index contributed by atoms with van der Waals surface area (Å²) in [6.07, 6.45) is 8.15. The molecule has 2 aliphatic carbocycles. The molecular formula is C33H43NO5S. The normalized spacial score (nSPS) is 19.9. The molecule has 0 aliphatic heterocycles. The van der Waals surface area contributed by atoms with Crippen molar-refractivity contribution in [2.75, 3.05) is 13.7 Å². The first-order chi connectivity index (χ1) is 18.9. The molecule has 6 nitrogen and oxygen atoms in total. The van der Waals surface area contributed by atoms with E-state index in [4.69, 9.17) is 9.47 Å². The summed E-state index contributed by atoms with van der Waals surface area (Å²) in [4.78, 5) is 12.6. The van der Waals surface area contributed by atoms with Crippen LogP contribution < -0.4 is 0 Å². The number of carbonyl (C=O) groups excluding carboxylic acids is 1. The molecule has 0 bridgehead atoms. The predicted octanol–water partition coefficient (Wildman–Crippen LogP) is 7.23. The number of esters is 1. The highest BCUT2D eigenvalue weighted by atomic mass is 32.2. The fourth-order valence-corrected chi connectivity index (χ4v) is 7.13. The monoisotopic (exact) mass is 565 g/mol. The van der Waals surface area contributed by atoms with Crippen molar-refractivity contribution < 1.29 is 22.7 Å². The molecule has 2 unspecified atom stereocenters. The molecule has 0 N–H and O–H groups in total. The van der Waals surface area contributed by atoms with Crippen LogP contribution in [0.25, 0.3) is 11.1 Å². The van der Waals surface area contributed by atoms with Gasteiger partial charge in [0.2, 0.25) is 10.0 Å². The third-order valence-corrected chi connectivity index (χ3v) is 9.59. The van der Waals surface area contributed by atoms with Gasteiger partial charge in [0.25, 0.3) is 0 Å². The van der Waals surface area contributed by atoms with Crippen LogP contribution in [-0.4, -0.2) is 44.0 Å². The molecule has 0 heterocycles. The summed E-state index contributed by atoms with van der Waals surface area (Å²) in [5.41, 5.74) is 3.62. The van der Waals surface area contributed by atoms with Crippen LogP contribution in [0.2, 0.25) is 0 Å². The molecule has 2 atom stereocenters. The molecule has 1 saturated carbocycles. The van der Waals surface area contributed by atoms with Gasteiger partial charge in [-0.15, -0.1) is 0 Å². The van der Waals surface area contributed by atoms with Crippen LogP contribution in [0.15, 0.2) is 76.9 Å². The summed E-state index contributed by atoms with van der Waals surface area (Å²) in [6.45, 7) is 9.62. The highest BCUT2D eigenvalue weighted by molar-refractivity contribution is 7.89. The fraction of sp³-hybridized carbons (Fsp3) is 0.485. The number of ether oxygens (including phenoxy) is 2. The van der Waals surface area contributed by atoms with Crippen molar-refractivity contribution in [2.24, 2.45) is 5.92 Å². The zero-order valence-electron chi connectivity index (χ0n) is 24.6. The number of fused-ring (bicyclic) bond motifs is 1. The van der Waals surface area contributed by atoms with Crippen molar-refractivity contribution in [1.29, 1.82) is 0 Å². The predicted molar refractivity (Wildman–Crippen MR) is 159 cm³/mol. The van der Waals surface area contributed by atoms with Crippen molar-refractivity contribution in [3.8, 4) is 11.1 Å². The molecule has 2 aromatic rings. The van der Waals surface area contributed by atoms with Gasteiger partial charge in [-0.1, -0.05) is 62.7 Å². The second-order valence-electron chi connectivity index (χ2n) is 12.2. The van der Waals surface area contributed by atoms with Gasteiger partial charge < -0.3 is 9.47 Å². The van der Waals surface area contributed by atoms with Crippen molar-refractivity contribution in [3.05, 3.63) is 77.6 Å². The molecule has 2 aromatic carbocycles. The second kappa shape index (κ2) is 12.3. The van der Waals surface area contributed by atoms with E-state index in [2.05, 4.69) is 26.0 Å². The minimum absolute atomic E-state index is 0.00758. The van der Waals surface area contributed by atoms with Gasteiger partial charge in [0.15, 0.2) is 6.61 Å². The van der Waals surface area contributed by atoms with Crippen molar-refractivity contribution in [1.82, 2.24) is 4.31 Å². The first-order valence-electron chi connectivity index (χ1n) is 14.3. The maximum absolute atomic E-state index is 14.0. The van der Waals surface area contributed by atoms with E-state index in [1.807, 2.05) is 57.2 Å². The summed E-state index contributed by atoms with van der Waals surface area (Å²) in [6, 6.07) is 15.3. The number of sulfonamides is 1. The van der Waals surface area contributed by atoms with E-state index in [1.165, 1.54) is 5.56 Å². The Hall–Kier alpha value is -2.90. The Morgan fingerprint density at radius 3 is 2.45 bits per heavy atom. The van der Waals surface area contributed by atoms with E-state index >= 15 is 0 Å². The maximum Gasteiger partial charge on any atom is 0.344 e. The van der Waals surface area contributed by atoms with Gasteiger partial charge in [0, 0.05) is 19.0 Å². The molecular weight excluding hydrogens is 522 g/mol. The number of hydrogen-bond donors (Lipinski definition) is 0. The van der Waals surface area contributed by atoms with Crippen LogP contribution in [0.1, 0.15) is 78.2 Å². The van der Waals surface area contributed by atoms with E-state index in [-0.39, 0.29) is 18.6 Å². The Balaban J connectivity index is 1.59. The largest absolute Gasteiger partial charge is 0.482 e. The van der Waals surface area contributed by atoms with Crippen molar-refractivity contribution in [2.45, 2.75) is 89.2 Å². The molecule has 7 heteroatoms. The van der Waals surface area contributed by atoms with E-state index < -0.39 is 21.6 Å². The average molecular weight is 566 g/mol. The highest BCUT2D eigenvalue weighted by Gasteiger charge is 2.38. The molecule has 40 heavy (non-hydrogen) atoms. The Labute approximate surface area is 240 Å². The molecule has 1 fully saturated rings. The van der Waals surface area contributed by atoms with Crippen LogP contribution in [0, 0.1) is 5.92 Å². The number of benzene rings is 2. The average Bonchev–Trinajstić information content (AvgIpc) is 3.13. The highest BCUT2D eigenvalue weighted by Crippen LogP contribution is 2.40. The fourth-order valence-electron chi connectivity index (χ4n) is 5.66.